The van der Waals surface area contributed by atoms with Gasteiger partial charge in [-0.3, -0.25) is 9.59 Å². The van der Waals surface area contributed by atoms with Crippen molar-refractivity contribution in [3.8, 4) is 0 Å². The minimum absolute atomic E-state index is 0.125. The first-order chi connectivity index (χ1) is 14.0. The Hall–Kier alpha value is -3.37. The molecule has 0 saturated heterocycles. The third kappa shape index (κ3) is 5.80. The Morgan fingerprint density at radius 1 is 0.897 bits per heavy atom. The summed E-state index contributed by atoms with van der Waals surface area (Å²) in [5.41, 5.74) is 3.25. The topological polar surface area (TPSA) is 58.2 Å². The van der Waals surface area contributed by atoms with Crippen molar-refractivity contribution in [3.63, 3.8) is 0 Å². The largest absolute Gasteiger partial charge is 0.347 e. The van der Waals surface area contributed by atoms with Crippen LogP contribution >= 0.6 is 11.6 Å². The van der Waals surface area contributed by atoms with Gasteiger partial charge in [-0.15, -0.1) is 0 Å². The van der Waals surface area contributed by atoms with Crippen molar-refractivity contribution in [1.29, 1.82) is 0 Å². The van der Waals surface area contributed by atoms with Crippen LogP contribution in [0.25, 0.3) is 6.08 Å². The molecule has 0 radical (unpaired) electrons. The van der Waals surface area contributed by atoms with Gasteiger partial charge < -0.3 is 10.6 Å². The van der Waals surface area contributed by atoms with Gasteiger partial charge >= 0.3 is 0 Å². The van der Waals surface area contributed by atoms with E-state index in [1.54, 1.807) is 36.4 Å². The molecule has 0 aliphatic carbocycles. The fourth-order valence-corrected chi connectivity index (χ4v) is 2.87. The van der Waals surface area contributed by atoms with Gasteiger partial charge in [0.15, 0.2) is 0 Å². The van der Waals surface area contributed by atoms with Crippen molar-refractivity contribution in [2.75, 3.05) is 0 Å². The second-order valence-electron chi connectivity index (χ2n) is 6.57. The van der Waals surface area contributed by atoms with E-state index in [2.05, 4.69) is 10.6 Å². The molecule has 0 aliphatic heterocycles. The van der Waals surface area contributed by atoms with E-state index < -0.39 is 5.91 Å². The lowest BCUT2D eigenvalue weighted by atomic mass is 10.1. The molecule has 3 aromatic rings. The zero-order valence-electron chi connectivity index (χ0n) is 16.0. The molecule has 0 saturated carbocycles. The van der Waals surface area contributed by atoms with Crippen LogP contribution in [0.1, 0.15) is 27.0 Å². The van der Waals surface area contributed by atoms with Crippen LogP contribution in [0.15, 0.2) is 84.6 Å². The molecule has 0 bridgehead atoms. The molecule has 5 heteroatoms. The van der Waals surface area contributed by atoms with Crippen molar-refractivity contribution in [2.45, 2.75) is 13.5 Å². The maximum absolute atomic E-state index is 12.8. The summed E-state index contributed by atoms with van der Waals surface area (Å²) in [6.45, 7) is 2.29. The third-order valence-electron chi connectivity index (χ3n) is 4.31. The maximum atomic E-state index is 12.8. The number of rotatable bonds is 6. The van der Waals surface area contributed by atoms with Crippen LogP contribution in [0.4, 0.5) is 0 Å². The second-order valence-corrected chi connectivity index (χ2v) is 6.98. The summed E-state index contributed by atoms with van der Waals surface area (Å²) >= 11 is 6.23. The number of benzene rings is 3. The van der Waals surface area contributed by atoms with E-state index in [1.165, 1.54) is 0 Å². The number of halogens is 1. The van der Waals surface area contributed by atoms with E-state index >= 15 is 0 Å². The van der Waals surface area contributed by atoms with Gasteiger partial charge in [0.05, 0.1) is 0 Å². The highest BCUT2D eigenvalue weighted by atomic mass is 35.5. The molecule has 0 unspecified atom stereocenters. The monoisotopic (exact) mass is 404 g/mol. The number of carbonyl (C=O) groups excluding carboxylic acids is 2. The Bertz CT molecular complexity index is 1030. The zero-order valence-corrected chi connectivity index (χ0v) is 16.7. The van der Waals surface area contributed by atoms with Crippen LogP contribution < -0.4 is 10.6 Å². The smallest absolute Gasteiger partial charge is 0.268 e. The van der Waals surface area contributed by atoms with E-state index in [0.29, 0.717) is 22.7 Å². The van der Waals surface area contributed by atoms with Crippen LogP contribution in [0.5, 0.6) is 0 Å². The lowest BCUT2D eigenvalue weighted by Crippen LogP contribution is -2.34. The van der Waals surface area contributed by atoms with Crippen molar-refractivity contribution < 1.29 is 9.59 Å². The summed E-state index contributed by atoms with van der Waals surface area (Å²) in [7, 11) is 0. The summed E-state index contributed by atoms with van der Waals surface area (Å²) in [6.07, 6.45) is 1.58. The van der Waals surface area contributed by atoms with Gasteiger partial charge in [-0.25, -0.2) is 0 Å². The highest BCUT2D eigenvalue weighted by Crippen LogP contribution is 2.18. The van der Waals surface area contributed by atoms with Gasteiger partial charge in [-0.2, -0.15) is 0 Å². The van der Waals surface area contributed by atoms with Gasteiger partial charge in [0.25, 0.3) is 11.8 Å². The lowest BCUT2D eigenvalue weighted by Gasteiger charge is -2.12. The van der Waals surface area contributed by atoms with E-state index in [1.807, 2.05) is 55.5 Å². The molecule has 4 nitrogen and oxygen atoms in total. The van der Waals surface area contributed by atoms with Crippen LogP contribution in [-0.2, 0) is 11.3 Å². The number of hydrogen-bond acceptors (Lipinski definition) is 2. The van der Waals surface area contributed by atoms with Crippen LogP contribution in [0.3, 0.4) is 0 Å². The molecular formula is C24H21ClN2O2. The second kappa shape index (κ2) is 9.71. The van der Waals surface area contributed by atoms with E-state index in [0.717, 1.165) is 11.1 Å². The maximum Gasteiger partial charge on any atom is 0.268 e. The number of nitrogens with one attached hydrogen (secondary N) is 2. The molecule has 0 heterocycles. The normalized spacial score (nSPS) is 11.0. The van der Waals surface area contributed by atoms with Crippen molar-refractivity contribution in [1.82, 2.24) is 10.6 Å². The Morgan fingerprint density at radius 2 is 1.55 bits per heavy atom. The van der Waals surface area contributed by atoms with Gasteiger partial charge in [0, 0.05) is 17.1 Å². The SMILES string of the molecule is Cc1ccc(C(=O)N/C(=C/c2ccccc2Cl)C(=O)NCc2ccccc2)cc1. The summed E-state index contributed by atoms with van der Waals surface area (Å²) < 4.78 is 0. The Morgan fingerprint density at radius 3 is 2.24 bits per heavy atom. The molecule has 3 rings (SSSR count). The van der Waals surface area contributed by atoms with Crippen LogP contribution in [-0.4, -0.2) is 11.8 Å². The van der Waals surface area contributed by atoms with Gasteiger partial charge in [0.1, 0.15) is 5.70 Å². The molecular weight excluding hydrogens is 384 g/mol. The van der Waals surface area contributed by atoms with Crippen molar-refractivity contribution in [3.05, 3.63) is 112 Å². The van der Waals surface area contributed by atoms with Gasteiger partial charge in [-0.1, -0.05) is 77.8 Å². The van der Waals surface area contributed by atoms with Crippen LogP contribution in [0, 0.1) is 6.92 Å². The quantitative estimate of drug-likeness (QED) is 0.583. The molecule has 0 aliphatic rings. The summed E-state index contributed by atoms with van der Waals surface area (Å²) in [5, 5.41) is 6.05. The van der Waals surface area contributed by atoms with Gasteiger partial charge in [-0.05, 0) is 42.3 Å². The Balaban J connectivity index is 1.83. The van der Waals surface area contributed by atoms with Crippen molar-refractivity contribution >= 4 is 29.5 Å². The first-order valence-electron chi connectivity index (χ1n) is 9.19. The Labute approximate surface area is 175 Å². The van der Waals surface area contributed by atoms with Gasteiger partial charge in [0.2, 0.25) is 0 Å². The summed E-state index contributed by atoms with van der Waals surface area (Å²) in [5.74, 6) is -0.757. The van der Waals surface area contributed by atoms with E-state index in [9.17, 15) is 9.59 Å². The molecule has 3 aromatic carbocycles. The average Bonchev–Trinajstić information content (AvgIpc) is 2.74. The molecule has 2 amide bonds. The number of carbonyl (C=O) groups is 2. The molecule has 29 heavy (non-hydrogen) atoms. The number of amides is 2. The third-order valence-corrected chi connectivity index (χ3v) is 4.65. The predicted octanol–water partition coefficient (Wildman–Crippen LogP) is 4.74. The minimum Gasteiger partial charge on any atom is -0.347 e. The lowest BCUT2D eigenvalue weighted by molar-refractivity contribution is -0.117. The molecule has 0 aromatic heterocycles. The fraction of sp³-hybridized carbons (Fsp3) is 0.0833. The predicted molar refractivity (Wildman–Crippen MR) is 116 cm³/mol. The summed E-state index contributed by atoms with van der Waals surface area (Å²) in [4.78, 5) is 25.5. The standard InChI is InChI=1S/C24H21ClN2O2/c1-17-11-13-19(14-12-17)23(28)27-22(15-20-9-5-6-10-21(20)25)24(29)26-16-18-7-3-2-4-8-18/h2-15H,16H2,1H3,(H,26,29)(H,27,28)/b22-15+. The molecule has 146 valence electrons. The first-order valence-corrected chi connectivity index (χ1v) is 9.57. The van der Waals surface area contributed by atoms with Crippen LogP contribution in [0.2, 0.25) is 5.02 Å². The summed E-state index contributed by atoms with van der Waals surface area (Å²) in [6, 6.07) is 23.8. The molecule has 2 N–H and O–H groups in total. The average molecular weight is 405 g/mol. The number of hydrogen-bond donors (Lipinski definition) is 2. The highest BCUT2D eigenvalue weighted by molar-refractivity contribution is 6.32. The fourth-order valence-electron chi connectivity index (χ4n) is 2.68. The molecule has 0 atom stereocenters. The molecule has 0 spiro atoms. The first kappa shape index (κ1) is 20.4. The van der Waals surface area contributed by atoms with Crippen molar-refractivity contribution in [2.24, 2.45) is 0 Å². The highest BCUT2D eigenvalue weighted by Gasteiger charge is 2.15. The minimum atomic E-state index is -0.394. The Kier molecular flexibility index (Phi) is 6.82. The zero-order chi connectivity index (χ0) is 20.6. The van der Waals surface area contributed by atoms with E-state index in [-0.39, 0.29) is 11.6 Å². The van der Waals surface area contributed by atoms with E-state index in [4.69, 9.17) is 11.6 Å². The number of aryl methyl sites for hydroxylation is 1. The molecule has 0 fully saturated rings.